The van der Waals surface area contributed by atoms with E-state index in [4.69, 9.17) is 4.74 Å². The van der Waals surface area contributed by atoms with Crippen molar-refractivity contribution in [1.82, 2.24) is 4.98 Å². The molecule has 3 rings (SSSR count). The fourth-order valence-electron chi connectivity index (χ4n) is 2.36. The maximum Gasteiger partial charge on any atom is 0.119 e. The van der Waals surface area contributed by atoms with Gasteiger partial charge in [-0.25, -0.2) is 0 Å². The van der Waals surface area contributed by atoms with Crippen molar-refractivity contribution in [3.8, 4) is 17.0 Å². The van der Waals surface area contributed by atoms with Crippen molar-refractivity contribution >= 4 is 10.8 Å². The van der Waals surface area contributed by atoms with E-state index in [-0.39, 0.29) is 0 Å². The Morgan fingerprint density at radius 1 is 1.00 bits per heavy atom. The van der Waals surface area contributed by atoms with Crippen LogP contribution in [-0.4, -0.2) is 12.1 Å². The maximum atomic E-state index is 5.25. The van der Waals surface area contributed by atoms with Crippen LogP contribution >= 0.6 is 0 Å². The highest BCUT2D eigenvalue weighted by molar-refractivity contribution is 5.95. The van der Waals surface area contributed by atoms with Gasteiger partial charge in [-0.1, -0.05) is 24.3 Å². The van der Waals surface area contributed by atoms with E-state index in [9.17, 15) is 0 Å². The fraction of sp³-hybridized carbons (Fsp3) is 0.118. The van der Waals surface area contributed by atoms with Crippen molar-refractivity contribution in [3.05, 3.63) is 60.3 Å². The summed E-state index contributed by atoms with van der Waals surface area (Å²) in [6, 6.07) is 16.4. The molecular formula is C17H15NO. The summed E-state index contributed by atoms with van der Waals surface area (Å²) in [5.41, 5.74) is 3.35. The monoisotopic (exact) mass is 249 g/mol. The predicted octanol–water partition coefficient (Wildman–Crippen LogP) is 4.22. The molecule has 0 N–H and O–H groups in total. The van der Waals surface area contributed by atoms with E-state index in [1.165, 1.54) is 16.3 Å². The average molecular weight is 249 g/mol. The van der Waals surface area contributed by atoms with Gasteiger partial charge in [0.25, 0.3) is 0 Å². The fourth-order valence-corrected chi connectivity index (χ4v) is 2.36. The summed E-state index contributed by atoms with van der Waals surface area (Å²) in [7, 11) is 1.69. The van der Waals surface area contributed by atoms with Gasteiger partial charge in [0, 0.05) is 17.1 Å². The molecule has 19 heavy (non-hydrogen) atoms. The normalized spacial score (nSPS) is 10.6. The molecule has 0 saturated carbocycles. The predicted molar refractivity (Wildman–Crippen MR) is 78.5 cm³/mol. The standard InChI is InChI=1S/C17H15NO/c1-12-11-14(19-2)7-8-15(12)17-16-6-4-3-5-13(16)9-10-18-17/h3-11H,1-2H3. The van der Waals surface area contributed by atoms with E-state index in [1.807, 2.05) is 36.5 Å². The number of nitrogens with zero attached hydrogens (tertiary/aromatic N) is 1. The van der Waals surface area contributed by atoms with Gasteiger partial charge in [0.1, 0.15) is 5.75 Å². The highest BCUT2D eigenvalue weighted by Crippen LogP contribution is 2.30. The lowest BCUT2D eigenvalue weighted by Gasteiger charge is -2.10. The molecule has 0 aliphatic carbocycles. The van der Waals surface area contributed by atoms with Gasteiger partial charge in [-0.3, -0.25) is 4.98 Å². The van der Waals surface area contributed by atoms with Crippen LogP contribution in [0, 0.1) is 6.92 Å². The molecule has 0 aliphatic heterocycles. The molecule has 2 nitrogen and oxygen atoms in total. The van der Waals surface area contributed by atoms with Gasteiger partial charge in [0.05, 0.1) is 12.8 Å². The molecule has 0 saturated heterocycles. The molecule has 2 aromatic carbocycles. The van der Waals surface area contributed by atoms with E-state index in [0.717, 1.165) is 17.0 Å². The molecule has 3 aromatic rings. The number of rotatable bonds is 2. The molecule has 0 unspecified atom stereocenters. The molecule has 1 heterocycles. The largest absolute Gasteiger partial charge is 0.497 e. The van der Waals surface area contributed by atoms with Crippen molar-refractivity contribution in [2.75, 3.05) is 7.11 Å². The Morgan fingerprint density at radius 3 is 2.63 bits per heavy atom. The highest BCUT2D eigenvalue weighted by Gasteiger charge is 2.08. The first-order valence-corrected chi connectivity index (χ1v) is 6.28. The lowest BCUT2D eigenvalue weighted by Crippen LogP contribution is -1.90. The van der Waals surface area contributed by atoms with Crippen LogP contribution in [0.15, 0.2) is 54.7 Å². The number of hydrogen-bond acceptors (Lipinski definition) is 2. The number of pyridine rings is 1. The summed E-state index contributed by atoms with van der Waals surface area (Å²) in [5, 5.41) is 2.39. The van der Waals surface area contributed by atoms with Crippen molar-refractivity contribution in [2.24, 2.45) is 0 Å². The molecule has 0 spiro atoms. The van der Waals surface area contributed by atoms with Crippen LogP contribution in [0.1, 0.15) is 5.56 Å². The Labute approximate surface area is 112 Å². The first kappa shape index (κ1) is 11.7. The van der Waals surface area contributed by atoms with Gasteiger partial charge in [0.2, 0.25) is 0 Å². The van der Waals surface area contributed by atoms with E-state index in [2.05, 4.69) is 30.1 Å². The highest BCUT2D eigenvalue weighted by atomic mass is 16.5. The van der Waals surface area contributed by atoms with Crippen LogP contribution in [-0.2, 0) is 0 Å². The summed E-state index contributed by atoms with van der Waals surface area (Å²) in [6.45, 7) is 2.08. The summed E-state index contributed by atoms with van der Waals surface area (Å²) in [4.78, 5) is 4.55. The van der Waals surface area contributed by atoms with Crippen LogP contribution in [0.3, 0.4) is 0 Å². The Morgan fingerprint density at radius 2 is 1.84 bits per heavy atom. The molecule has 94 valence electrons. The zero-order valence-corrected chi connectivity index (χ0v) is 11.1. The first-order chi connectivity index (χ1) is 9.29. The Bertz CT molecular complexity index is 729. The van der Waals surface area contributed by atoms with Crippen molar-refractivity contribution in [3.63, 3.8) is 0 Å². The minimum Gasteiger partial charge on any atom is -0.497 e. The molecule has 0 amide bonds. The first-order valence-electron chi connectivity index (χ1n) is 6.28. The average Bonchev–Trinajstić information content (AvgIpc) is 2.46. The number of aromatic nitrogens is 1. The molecular weight excluding hydrogens is 234 g/mol. The third-order valence-electron chi connectivity index (χ3n) is 3.36. The zero-order chi connectivity index (χ0) is 13.2. The molecule has 0 aliphatic rings. The van der Waals surface area contributed by atoms with Crippen LogP contribution in [0.5, 0.6) is 5.75 Å². The smallest absolute Gasteiger partial charge is 0.119 e. The number of aryl methyl sites for hydroxylation is 1. The van der Waals surface area contributed by atoms with E-state index in [1.54, 1.807) is 7.11 Å². The second-order valence-electron chi connectivity index (χ2n) is 4.56. The van der Waals surface area contributed by atoms with Crippen molar-refractivity contribution in [1.29, 1.82) is 0 Å². The number of benzene rings is 2. The van der Waals surface area contributed by atoms with E-state index < -0.39 is 0 Å². The summed E-state index contributed by atoms with van der Waals surface area (Å²) in [5.74, 6) is 0.876. The number of fused-ring (bicyclic) bond motifs is 1. The maximum absolute atomic E-state index is 5.25. The van der Waals surface area contributed by atoms with Gasteiger partial charge in [-0.05, 0) is 42.1 Å². The number of methoxy groups -OCH3 is 1. The van der Waals surface area contributed by atoms with Crippen molar-refractivity contribution in [2.45, 2.75) is 6.92 Å². The number of ether oxygens (including phenoxy) is 1. The Hall–Kier alpha value is -2.35. The summed E-state index contributed by atoms with van der Waals surface area (Å²) < 4.78 is 5.25. The van der Waals surface area contributed by atoms with Gasteiger partial charge in [0.15, 0.2) is 0 Å². The van der Waals surface area contributed by atoms with Crippen LogP contribution in [0.2, 0.25) is 0 Å². The van der Waals surface area contributed by atoms with Crippen LogP contribution in [0.25, 0.3) is 22.0 Å². The van der Waals surface area contributed by atoms with Crippen molar-refractivity contribution < 1.29 is 4.74 Å². The second-order valence-corrected chi connectivity index (χ2v) is 4.56. The number of hydrogen-bond donors (Lipinski definition) is 0. The van der Waals surface area contributed by atoms with Crippen LogP contribution in [0.4, 0.5) is 0 Å². The van der Waals surface area contributed by atoms with Gasteiger partial charge in [-0.2, -0.15) is 0 Å². The van der Waals surface area contributed by atoms with Crippen LogP contribution < -0.4 is 4.74 Å². The minimum atomic E-state index is 0.876. The molecule has 0 radical (unpaired) electrons. The second kappa shape index (κ2) is 4.73. The third-order valence-corrected chi connectivity index (χ3v) is 3.36. The lowest BCUT2D eigenvalue weighted by atomic mass is 10.00. The minimum absolute atomic E-state index is 0.876. The molecule has 0 fully saturated rings. The Kier molecular flexibility index (Phi) is 2.92. The quantitative estimate of drug-likeness (QED) is 0.678. The summed E-state index contributed by atoms with van der Waals surface area (Å²) >= 11 is 0. The Balaban J connectivity index is 2.24. The van der Waals surface area contributed by atoms with Gasteiger partial charge in [-0.15, -0.1) is 0 Å². The lowest BCUT2D eigenvalue weighted by molar-refractivity contribution is 0.414. The van der Waals surface area contributed by atoms with Gasteiger partial charge >= 0.3 is 0 Å². The molecule has 0 bridgehead atoms. The molecule has 0 atom stereocenters. The third kappa shape index (κ3) is 2.06. The summed E-state index contributed by atoms with van der Waals surface area (Å²) in [6.07, 6.45) is 1.86. The van der Waals surface area contributed by atoms with Gasteiger partial charge < -0.3 is 4.74 Å². The topological polar surface area (TPSA) is 22.1 Å². The van der Waals surface area contributed by atoms with E-state index >= 15 is 0 Å². The molecule has 2 heteroatoms. The zero-order valence-electron chi connectivity index (χ0n) is 11.1. The molecule has 1 aromatic heterocycles. The van der Waals surface area contributed by atoms with E-state index in [0.29, 0.717) is 0 Å². The SMILES string of the molecule is COc1ccc(-c2nccc3ccccc23)c(C)c1.